The molecular weight excluding hydrogens is 348 g/mol. The Labute approximate surface area is 163 Å². The van der Waals surface area contributed by atoms with Gasteiger partial charge < -0.3 is 14.9 Å². The molecule has 2 N–H and O–H groups in total. The summed E-state index contributed by atoms with van der Waals surface area (Å²) in [6, 6.07) is 16.2. The number of aromatic amines is 2. The number of carbonyl (C=O) groups is 1. The molecule has 1 fully saturated rings. The molecule has 1 aliphatic rings. The van der Waals surface area contributed by atoms with Crippen LogP contribution in [0.1, 0.15) is 34.9 Å². The van der Waals surface area contributed by atoms with Crippen LogP contribution >= 0.6 is 0 Å². The Kier molecular flexibility index (Phi) is 4.20. The van der Waals surface area contributed by atoms with E-state index in [-0.39, 0.29) is 5.91 Å². The minimum absolute atomic E-state index is 0.114. The van der Waals surface area contributed by atoms with E-state index in [1.165, 1.54) is 5.39 Å². The second-order valence-corrected chi connectivity index (χ2v) is 7.37. The molecule has 1 amide bonds. The van der Waals surface area contributed by atoms with Gasteiger partial charge in [0.05, 0.1) is 0 Å². The molecule has 0 atom stereocenters. The standard InChI is InChI=1S/C23H22N4O/c28-23(27-13-9-17(10-14-27)22-24-11-12-25-22)18-7-5-16(6-8-18)20-15-26-21-4-2-1-3-19(20)21/h1-8,11-12,15,17,26H,9-10,13-14H2,(H,24,25). The van der Waals surface area contributed by atoms with E-state index in [1.807, 2.05) is 53.7 Å². The number of rotatable bonds is 3. The molecule has 1 aliphatic heterocycles. The van der Waals surface area contributed by atoms with E-state index in [2.05, 4.69) is 27.1 Å². The van der Waals surface area contributed by atoms with Crippen molar-refractivity contribution in [3.63, 3.8) is 0 Å². The van der Waals surface area contributed by atoms with Crippen LogP contribution in [0, 0.1) is 0 Å². The summed E-state index contributed by atoms with van der Waals surface area (Å²) in [5, 5.41) is 1.20. The maximum Gasteiger partial charge on any atom is 0.253 e. The van der Waals surface area contributed by atoms with Crippen LogP contribution in [0.3, 0.4) is 0 Å². The van der Waals surface area contributed by atoms with Gasteiger partial charge in [0, 0.05) is 59.6 Å². The molecule has 0 aliphatic carbocycles. The Hall–Kier alpha value is -3.34. The van der Waals surface area contributed by atoms with Crippen LogP contribution in [0.4, 0.5) is 0 Å². The average molecular weight is 370 g/mol. The van der Waals surface area contributed by atoms with Gasteiger partial charge in [0.15, 0.2) is 0 Å². The van der Waals surface area contributed by atoms with Gasteiger partial charge in [-0.3, -0.25) is 4.79 Å². The van der Waals surface area contributed by atoms with Gasteiger partial charge in [-0.15, -0.1) is 0 Å². The number of nitrogens with one attached hydrogen (secondary N) is 2. The molecule has 2 aromatic carbocycles. The zero-order chi connectivity index (χ0) is 18.9. The second-order valence-electron chi connectivity index (χ2n) is 7.37. The number of hydrogen-bond donors (Lipinski definition) is 2. The van der Waals surface area contributed by atoms with Gasteiger partial charge in [-0.05, 0) is 36.6 Å². The van der Waals surface area contributed by atoms with E-state index in [0.29, 0.717) is 5.92 Å². The van der Waals surface area contributed by atoms with Crippen LogP contribution in [0.15, 0.2) is 67.1 Å². The Balaban J connectivity index is 1.30. The molecule has 1 saturated heterocycles. The van der Waals surface area contributed by atoms with Gasteiger partial charge in [0.25, 0.3) is 5.91 Å². The minimum Gasteiger partial charge on any atom is -0.361 e. The highest BCUT2D eigenvalue weighted by Gasteiger charge is 2.25. The molecule has 5 rings (SSSR count). The normalized spacial score (nSPS) is 15.2. The van der Waals surface area contributed by atoms with Crippen LogP contribution in [0.25, 0.3) is 22.0 Å². The summed E-state index contributed by atoms with van der Waals surface area (Å²) in [5.41, 5.74) is 4.15. The lowest BCUT2D eigenvalue weighted by molar-refractivity contribution is 0.0711. The smallest absolute Gasteiger partial charge is 0.253 e. The van der Waals surface area contributed by atoms with E-state index in [4.69, 9.17) is 0 Å². The predicted molar refractivity (Wildman–Crippen MR) is 110 cm³/mol. The number of para-hydroxylation sites is 1. The van der Waals surface area contributed by atoms with Gasteiger partial charge in [0.2, 0.25) is 0 Å². The molecule has 5 nitrogen and oxygen atoms in total. The molecule has 4 aromatic rings. The van der Waals surface area contributed by atoms with Crippen molar-refractivity contribution in [2.45, 2.75) is 18.8 Å². The van der Waals surface area contributed by atoms with Crippen molar-refractivity contribution >= 4 is 16.8 Å². The first-order chi connectivity index (χ1) is 13.8. The number of aromatic nitrogens is 3. The van der Waals surface area contributed by atoms with Crippen LogP contribution in [0.2, 0.25) is 0 Å². The Morgan fingerprint density at radius 3 is 2.54 bits per heavy atom. The fraction of sp³-hybridized carbons (Fsp3) is 0.217. The van der Waals surface area contributed by atoms with Gasteiger partial charge in [-0.1, -0.05) is 30.3 Å². The number of benzene rings is 2. The molecule has 140 valence electrons. The third kappa shape index (κ3) is 2.99. The number of fused-ring (bicyclic) bond motifs is 1. The first kappa shape index (κ1) is 16.8. The summed E-state index contributed by atoms with van der Waals surface area (Å²) in [4.78, 5) is 25.7. The first-order valence-electron chi connectivity index (χ1n) is 9.75. The van der Waals surface area contributed by atoms with Crippen molar-refractivity contribution in [3.8, 4) is 11.1 Å². The quantitative estimate of drug-likeness (QED) is 0.554. The third-order valence-corrected chi connectivity index (χ3v) is 5.72. The fourth-order valence-electron chi connectivity index (χ4n) is 4.14. The highest BCUT2D eigenvalue weighted by Crippen LogP contribution is 2.29. The Morgan fingerprint density at radius 1 is 1.00 bits per heavy atom. The summed E-state index contributed by atoms with van der Waals surface area (Å²) in [6.45, 7) is 1.54. The maximum atomic E-state index is 12.9. The molecule has 0 spiro atoms. The third-order valence-electron chi connectivity index (χ3n) is 5.72. The Morgan fingerprint density at radius 2 is 1.79 bits per heavy atom. The van der Waals surface area contributed by atoms with Gasteiger partial charge >= 0.3 is 0 Å². The summed E-state index contributed by atoms with van der Waals surface area (Å²) >= 11 is 0. The predicted octanol–water partition coefficient (Wildman–Crippen LogP) is 4.58. The van der Waals surface area contributed by atoms with Crippen molar-refractivity contribution in [2.75, 3.05) is 13.1 Å². The lowest BCUT2D eigenvalue weighted by atomic mass is 9.95. The van der Waals surface area contributed by atoms with Gasteiger partial charge in [-0.2, -0.15) is 0 Å². The van der Waals surface area contributed by atoms with Crippen molar-refractivity contribution < 1.29 is 4.79 Å². The number of nitrogens with zero attached hydrogens (tertiary/aromatic N) is 2. The SMILES string of the molecule is O=C(c1ccc(-c2c[nH]c3ccccc23)cc1)N1CCC(c2ncc[nH]2)CC1. The molecule has 3 heterocycles. The van der Waals surface area contributed by atoms with Crippen LogP contribution in [-0.2, 0) is 0 Å². The molecule has 2 aromatic heterocycles. The van der Waals surface area contributed by atoms with Gasteiger partial charge in [0.1, 0.15) is 5.82 Å². The van der Waals surface area contributed by atoms with Crippen LogP contribution in [-0.4, -0.2) is 38.8 Å². The lowest BCUT2D eigenvalue weighted by Crippen LogP contribution is -2.38. The van der Waals surface area contributed by atoms with Crippen molar-refractivity contribution in [3.05, 3.63) is 78.5 Å². The van der Waals surface area contributed by atoms with Crippen molar-refractivity contribution in [2.24, 2.45) is 0 Å². The first-order valence-corrected chi connectivity index (χ1v) is 9.75. The number of imidazole rings is 1. The number of H-pyrrole nitrogens is 2. The topological polar surface area (TPSA) is 64.8 Å². The molecule has 0 unspecified atom stereocenters. The highest BCUT2D eigenvalue weighted by molar-refractivity contribution is 5.97. The van der Waals surface area contributed by atoms with Gasteiger partial charge in [-0.25, -0.2) is 4.98 Å². The van der Waals surface area contributed by atoms with E-state index < -0.39 is 0 Å². The minimum atomic E-state index is 0.114. The number of amides is 1. The summed E-state index contributed by atoms with van der Waals surface area (Å²) in [5.74, 6) is 1.57. The van der Waals surface area contributed by atoms with E-state index >= 15 is 0 Å². The van der Waals surface area contributed by atoms with E-state index in [0.717, 1.165) is 54.0 Å². The number of piperidine rings is 1. The Bertz CT molecular complexity index is 1090. The summed E-state index contributed by atoms with van der Waals surface area (Å²) in [7, 11) is 0. The zero-order valence-corrected chi connectivity index (χ0v) is 15.6. The second kappa shape index (κ2) is 7.00. The molecular formula is C23H22N4O. The number of hydrogen-bond acceptors (Lipinski definition) is 2. The molecule has 0 saturated carbocycles. The van der Waals surface area contributed by atoms with Crippen LogP contribution < -0.4 is 0 Å². The molecule has 0 bridgehead atoms. The van der Waals surface area contributed by atoms with E-state index in [1.54, 1.807) is 6.20 Å². The average Bonchev–Trinajstić information content (AvgIpc) is 3.44. The summed E-state index contributed by atoms with van der Waals surface area (Å²) in [6.07, 6.45) is 7.59. The van der Waals surface area contributed by atoms with Crippen LogP contribution in [0.5, 0.6) is 0 Å². The number of carbonyl (C=O) groups excluding carboxylic acids is 1. The monoisotopic (exact) mass is 370 g/mol. The van der Waals surface area contributed by atoms with Crippen molar-refractivity contribution in [1.29, 1.82) is 0 Å². The highest BCUT2D eigenvalue weighted by atomic mass is 16.2. The lowest BCUT2D eigenvalue weighted by Gasteiger charge is -2.31. The molecule has 5 heteroatoms. The number of likely N-dealkylation sites (tertiary alicyclic amines) is 1. The molecule has 28 heavy (non-hydrogen) atoms. The zero-order valence-electron chi connectivity index (χ0n) is 15.6. The largest absolute Gasteiger partial charge is 0.361 e. The maximum absolute atomic E-state index is 12.9. The molecule has 0 radical (unpaired) electrons. The van der Waals surface area contributed by atoms with Crippen molar-refractivity contribution in [1.82, 2.24) is 19.9 Å². The van der Waals surface area contributed by atoms with E-state index in [9.17, 15) is 4.79 Å². The fourth-order valence-corrected chi connectivity index (χ4v) is 4.14. The summed E-state index contributed by atoms with van der Waals surface area (Å²) < 4.78 is 0.